The quantitative estimate of drug-likeness (QED) is 0.634. The molecular formula is C13H10N6O2S. The van der Waals surface area contributed by atoms with Crippen LogP contribution in [0.2, 0.25) is 0 Å². The van der Waals surface area contributed by atoms with Gasteiger partial charge in [0.05, 0.1) is 21.5 Å². The van der Waals surface area contributed by atoms with Crippen molar-refractivity contribution in [2.75, 3.05) is 5.73 Å². The Morgan fingerprint density at radius 1 is 1.23 bits per heavy atom. The number of benzene rings is 1. The molecule has 0 saturated carbocycles. The van der Waals surface area contributed by atoms with E-state index in [0.717, 1.165) is 0 Å². The summed E-state index contributed by atoms with van der Waals surface area (Å²) >= 11 is 0. The third-order valence-electron chi connectivity index (χ3n) is 3.12. The zero-order valence-electron chi connectivity index (χ0n) is 11.1. The highest BCUT2D eigenvalue weighted by molar-refractivity contribution is 7.89. The van der Waals surface area contributed by atoms with Crippen molar-refractivity contribution in [2.45, 2.75) is 4.90 Å². The molecule has 5 N–H and O–H groups in total. The van der Waals surface area contributed by atoms with Crippen molar-refractivity contribution < 1.29 is 8.42 Å². The Balaban J connectivity index is 2.47. The molecule has 0 spiro atoms. The van der Waals surface area contributed by atoms with Gasteiger partial charge in [-0.3, -0.25) is 0 Å². The van der Waals surface area contributed by atoms with Crippen LogP contribution in [-0.2, 0) is 10.0 Å². The lowest BCUT2D eigenvalue weighted by Crippen LogP contribution is -2.13. The molecule has 0 atom stereocenters. The van der Waals surface area contributed by atoms with Crippen LogP contribution in [0.25, 0.3) is 22.3 Å². The SMILES string of the molecule is N#Cc1c[nH]c2nc(N)nc(-c3ccccc3S(N)(=O)=O)c12. The van der Waals surface area contributed by atoms with Crippen LogP contribution in [0.15, 0.2) is 35.4 Å². The third-order valence-corrected chi connectivity index (χ3v) is 4.09. The van der Waals surface area contributed by atoms with E-state index in [0.29, 0.717) is 11.0 Å². The molecular weight excluding hydrogens is 304 g/mol. The van der Waals surface area contributed by atoms with Crippen LogP contribution >= 0.6 is 0 Å². The number of H-pyrrole nitrogens is 1. The van der Waals surface area contributed by atoms with Gasteiger partial charge in [0.2, 0.25) is 16.0 Å². The van der Waals surface area contributed by atoms with Gasteiger partial charge in [0.15, 0.2) is 0 Å². The number of rotatable bonds is 2. The average molecular weight is 314 g/mol. The van der Waals surface area contributed by atoms with E-state index in [9.17, 15) is 13.7 Å². The summed E-state index contributed by atoms with van der Waals surface area (Å²) in [5.74, 6) is -0.0435. The summed E-state index contributed by atoms with van der Waals surface area (Å²) in [6, 6.07) is 8.12. The molecule has 2 aromatic heterocycles. The molecule has 1 aromatic carbocycles. The summed E-state index contributed by atoms with van der Waals surface area (Å²) in [5.41, 5.74) is 6.81. The normalized spacial score (nSPS) is 11.5. The minimum Gasteiger partial charge on any atom is -0.368 e. The van der Waals surface area contributed by atoms with Crippen molar-refractivity contribution in [3.05, 3.63) is 36.0 Å². The van der Waals surface area contributed by atoms with Gasteiger partial charge in [-0.15, -0.1) is 0 Å². The van der Waals surface area contributed by atoms with Crippen molar-refractivity contribution in [2.24, 2.45) is 5.14 Å². The minimum absolute atomic E-state index is 0.0435. The topological polar surface area (TPSA) is 152 Å². The molecule has 22 heavy (non-hydrogen) atoms. The molecule has 0 amide bonds. The summed E-state index contributed by atoms with van der Waals surface area (Å²) in [5, 5.41) is 14.8. The second kappa shape index (κ2) is 4.80. The number of fused-ring (bicyclic) bond motifs is 1. The number of hydrogen-bond acceptors (Lipinski definition) is 6. The Labute approximate surface area is 125 Å². The van der Waals surface area contributed by atoms with E-state index in [1.54, 1.807) is 18.2 Å². The van der Waals surface area contributed by atoms with E-state index in [1.165, 1.54) is 12.3 Å². The molecule has 0 aliphatic rings. The second-order valence-corrected chi connectivity index (χ2v) is 6.04. The number of nitrogens with zero attached hydrogens (tertiary/aromatic N) is 3. The fourth-order valence-corrected chi connectivity index (χ4v) is 2.98. The summed E-state index contributed by atoms with van der Waals surface area (Å²) in [6.45, 7) is 0. The molecule has 0 bridgehead atoms. The van der Waals surface area contributed by atoms with Gasteiger partial charge in [-0.2, -0.15) is 10.2 Å². The Morgan fingerprint density at radius 3 is 2.64 bits per heavy atom. The van der Waals surface area contributed by atoms with Crippen LogP contribution in [0.3, 0.4) is 0 Å². The summed E-state index contributed by atoms with van der Waals surface area (Å²) < 4.78 is 23.5. The van der Waals surface area contributed by atoms with Gasteiger partial charge >= 0.3 is 0 Å². The first-order chi connectivity index (χ1) is 10.4. The van der Waals surface area contributed by atoms with Crippen molar-refractivity contribution >= 4 is 27.0 Å². The number of hydrogen-bond donors (Lipinski definition) is 3. The Hall–Kier alpha value is -2.96. The van der Waals surface area contributed by atoms with E-state index in [2.05, 4.69) is 15.0 Å². The largest absolute Gasteiger partial charge is 0.368 e. The summed E-state index contributed by atoms with van der Waals surface area (Å²) in [7, 11) is -3.96. The molecule has 3 rings (SSSR count). The van der Waals surface area contributed by atoms with Gasteiger partial charge in [0.25, 0.3) is 0 Å². The number of anilines is 1. The number of aromatic amines is 1. The zero-order valence-corrected chi connectivity index (χ0v) is 11.9. The van der Waals surface area contributed by atoms with Crippen LogP contribution in [0.5, 0.6) is 0 Å². The predicted octanol–water partition coefficient (Wildman–Crippen LogP) is 0.726. The Morgan fingerprint density at radius 2 is 1.95 bits per heavy atom. The van der Waals surface area contributed by atoms with E-state index in [-0.39, 0.29) is 27.7 Å². The Kier molecular flexibility index (Phi) is 3.05. The molecule has 0 aliphatic heterocycles. The predicted molar refractivity (Wildman–Crippen MR) is 79.8 cm³/mol. The molecule has 0 radical (unpaired) electrons. The average Bonchev–Trinajstić information content (AvgIpc) is 2.88. The Bertz CT molecular complexity index is 1030. The monoisotopic (exact) mass is 314 g/mol. The zero-order chi connectivity index (χ0) is 15.9. The van der Waals surface area contributed by atoms with E-state index >= 15 is 0 Å². The van der Waals surface area contributed by atoms with Crippen molar-refractivity contribution in [3.8, 4) is 17.3 Å². The van der Waals surface area contributed by atoms with Crippen LogP contribution in [-0.4, -0.2) is 23.4 Å². The van der Waals surface area contributed by atoms with E-state index < -0.39 is 10.0 Å². The number of nitrogens with two attached hydrogens (primary N) is 2. The smallest absolute Gasteiger partial charge is 0.238 e. The van der Waals surface area contributed by atoms with Crippen LogP contribution in [0, 0.1) is 11.3 Å². The van der Waals surface area contributed by atoms with Gasteiger partial charge in [0.1, 0.15) is 11.7 Å². The molecule has 0 saturated heterocycles. The highest BCUT2D eigenvalue weighted by atomic mass is 32.2. The fraction of sp³-hybridized carbons (Fsp3) is 0. The maximum absolute atomic E-state index is 11.8. The molecule has 0 fully saturated rings. The first kappa shape index (κ1) is 14.0. The first-order valence-corrected chi connectivity index (χ1v) is 7.63. The number of nitrogen functional groups attached to an aromatic ring is 1. The van der Waals surface area contributed by atoms with Crippen molar-refractivity contribution in [1.29, 1.82) is 5.26 Å². The molecule has 0 aliphatic carbocycles. The van der Waals surface area contributed by atoms with Gasteiger partial charge in [-0.25, -0.2) is 18.5 Å². The molecule has 3 aromatic rings. The molecule has 110 valence electrons. The van der Waals surface area contributed by atoms with Crippen molar-refractivity contribution in [1.82, 2.24) is 15.0 Å². The highest BCUT2D eigenvalue weighted by Gasteiger charge is 2.20. The maximum atomic E-state index is 11.8. The van der Waals surface area contributed by atoms with Gasteiger partial charge in [0, 0.05) is 11.8 Å². The van der Waals surface area contributed by atoms with E-state index in [4.69, 9.17) is 10.9 Å². The number of nitriles is 1. The second-order valence-electron chi connectivity index (χ2n) is 4.51. The summed E-state index contributed by atoms with van der Waals surface area (Å²) in [4.78, 5) is 10.8. The number of nitrogens with one attached hydrogen (secondary N) is 1. The highest BCUT2D eigenvalue weighted by Crippen LogP contribution is 2.32. The minimum atomic E-state index is -3.96. The lowest BCUT2D eigenvalue weighted by atomic mass is 10.1. The van der Waals surface area contributed by atoms with Crippen LogP contribution in [0.1, 0.15) is 5.56 Å². The van der Waals surface area contributed by atoms with Crippen LogP contribution < -0.4 is 10.9 Å². The molecule has 0 unspecified atom stereocenters. The number of primary sulfonamides is 1. The summed E-state index contributed by atoms with van der Waals surface area (Å²) in [6.07, 6.45) is 1.46. The maximum Gasteiger partial charge on any atom is 0.238 e. The lowest BCUT2D eigenvalue weighted by molar-refractivity contribution is 0.598. The number of sulfonamides is 1. The van der Waals surface area contributed by atoms with Gasteiger partial charge < -0.3 is 10.7 Å². The van der Waals surface area contributed by atoms with E-state index in [1.807, 2.05) is 6.07 Å². The molecule has 9 heteroatoms. The first-order valence-electron chi connectivity index (χ1n) is 6.08. The lowest BCUT2D eigenvalue weighted by Gasteiger charge is -2.09. The number of aromatic nitrogens is 3. The van der Waals surface area contributed by atoms with Gasteiger partial charge in [-0.1, -0.05) is 18.2 Å². The third kappa shape index (κ3) is 2.16. The van der Waals surface area contributed by atoms with Gasteiger partial charge in [-0.05, 0) is 6.07 Å². The molecule has 2 heterocycles. The van der Waals surface area contributed by atoms with Crippen LogP contribution in [0.4, 0.5) is 5.95 Å². The molecule has 8 nitrogen and oxygen atoms in total. The van der Waals surface area contributed by atoms with Crippen molar-refractivity contribution in [3.63, 3.8) is 0 Å². The standard InChI is InChI=1S/C13H10N6O2S/c14-5-7-6-17-12-10(7)11(18-13(15)19-12)8-3-1-2-4-9(8)22(16,20)21/h1-4,6H,(H2,16,20,21)(H3,15,17,18,19). The fourth-order valence-electron chi connectivity index (χ4n) is 2.24.